The summed E-state index contributed by atoms with van der Waals surface area (Å²) in [5.41, 5.74) is 2.13. The number of Topliss-reactive ketones (excluding diaryl/α,β-unsaturated/α-hetero) is 1. The van der Waals surface area contributed by atoms with E-state index in [1.54, 1.807) is 13.1 Å². The van der Waals surface area contributed by atoms with E-state index in [4.69, 9.17) is 4.74 Å². The molecule has 6 nitrogen and oxygen atoms in total. The number of hydrogen-bond donors (Lipinski definition) is 3. The highest BCUT2D eigenvalue weighted by Crippen LogP contribution is 2.45. The molecule has 1 aromatic heterocycles. The number of carbonyl (C=O) groups is 1. The topological polar surface area (TPSA) is 99.9 Å². The van der Waals surface area contributed by atoms with Gasteiger partial charge in [-0.3, -0.25) is 9.78 Å². The monoisotopic (exact) mass is 301 g/mol. The number of hydrogen-bond acceptors (Lipinski definition) is 6. The van der Waals surface area contributed by atoms with Crippen molar-refractivity contribution in [3.05, 3.63) is 46.3 Å². The van der Waals surface area contributed by atoms with Crippen LogP contribution in [0.3, 0.4) is 0 Å². The Hall–Kier alpha value is -2.60. The van der Waals surface area contributed by atoms with Gasteiger partial charge in [0.15, 0.2) is 5.78 Å². The molecule has 0 aliphatic carbocycles. The fourth-order valence-corrected chi connectivity index (χ4v) is 2.65. The van der Waals surface area contributed by atoms with Gasteiger partial charge in [0.05, 0.1) is 17.9 Å². The first-order valence-electron chi connectivity index (χ1n) is 6.76. The number of aryl methyl sites for hydroxylation is 1. The zero-order valence-corrected chi connectivity index (χ0v) is 12.1. The third-order valence-electron chi connectivity index (χ3n) is 3.83. The molecule has 2 heterocycles. The standard InChI is InChI=1S/C16H15NO5/c1-7-15(21)14-9(5-17-7)6-22-16(14)11-3-10(8(2)18)12(19)4-13(11)20/h3-5,16,19-21H,6H2,1-2H3/t16-/m1/s1. The number of ketones is 1. The Labute approximate surface area is 126 Å². The summed E-state index contributed by atoms with van der Waals surface area (Å²) in [4.78, 5) is 15.6. The van der Waals surface area contributed by atoms with Crippen LogP contribution < -0.4 is 0 Å². The van der Waals surface area contributed by atoms with Crippen LogP contribution in [0.4, 0.5) is 0 Å². The van der Waals surface area contributed by atoms with E-state index in [1.165, 1.54) is 13.0 Å². The van der Waals surface area contributed by atoms with E-state index in [0.717, 1.165) is 11.6 Å². The van der Waals surface area contributed by atoms with Crippen LogP contribution in [0.1, 0.15) is 45.8 Å². The Balaban J connectivity index is 2.18. The zero-order valence-electron chi connectivity index (χ0n) is 12.1. The van der Waals surface area contributed by atoms with E-state index in [-0.39, 0.29) is 35.2 Å². The van der Waals surface area contributed by atoms with Crippen molar-refractivity contribution in [2.75, 3.05) is 0 Å². The first-order valence-corrected chi connectivity index (χ1v) is 6.76. The van der Waals surface area contributed by atoms with Gasteiger partial charge in [-0.05, 0) is 19.9 Å². The molecule has 3 N–H and O–H groups in total. The predicted octanol–water partition coefficient (Wildman–Crippen LogP) is 2.33. The Morgan fingerprint density at radius 1 is 1.27 bits per heavy atom. The molecule has 0 amide bonds. The summed E-state index contributed by atoms with van der Waals surface area (Å²) < 4.78 is 5.65. The molecule has 1 aliphatic rings. The fourth-order valence-electron chi connectivity index (χ4n) is 2.65. The number of aromatic hydroxyl groups is 3. The van der Waals surface area contributed by atoms with Crippen LogP contribution in [0.25, 0.3) is 0 Å². The van der Waals surface area contributed by atoms with Crippen LogP contribution in [-0.2, 0) is 11.3 Å². The summed E-state index contributed by atoms with van der Waals surface area (Å²) in [5.74, 6) is -0.805. The van der Waals surface area contributed by atoms with E-state index < -0.39 is 6.10 Å². The minimum Gasteiger partial charge on any atom is -0.507 e. The van der Waals surface area contributed by atoms with Crippen LogP contribution in [0, 0.1) is 6.92 Å². The van der Waals surface area contributed by atoms with E-state index in [0.29, 0.717) is 16.8 Å². The largest absolute Gasteiger partial charge is 0.507 e. The van der Waals surface area contributed by atoms with Crippen LogP contribution in [-0.4, -0.2) is 26.1 Å². The van der Waals surface area contributed by atoms with Crippen molar-refractivity contribution in [1.82, 2.24) is 4.98 Å². The van der Waals surface area contributed by atoms with Gasteiger partial charge in [-0.25, -0.2) is 0 Å². The van der Waals surface area contributed by atoms with E-state index in [2.05, 4.69) is 4.98 Å². The quantitative estimate of drug-likeness (QED) is 0.736. The minimum absolute atomic E-state index is 0.0110. The number of phenolic OH excluding ortho intramolecular Hbond substituents is 2. The number of rotatable bonds is 2. The molecule has 1 atom stereocenters. The van der Waals surface area contributed by atoms with Crippen molar-refractivity contribution in [3.63, 3.8) is 0 Å². The lowest BCUT2D eigenvalue weighted by atomic mass is 9.95. The molecule has 114 valence electrons. The summed E-state index contributed by atoms with van der Waals surface area (Å²) in [5, 5.41) is 30.1. The van der Waals surface area contributed by atoms with Gasteiger partial charge in [-0.15, -0.1) is 0 Å². The molecule has 0 saturated heterocycles. The van der Waals surface area contributed by atoms with Crippen molar-refractivity contribution < 1.29 is 24.9 Å². The van der Waals surface area contributed by atoms with Crippen molar-refractivity contribution in [1.29, 1.82) is 0 Å². The molecule has 0 fully saturated rings. The molecule has 1 aromatic carbocycles. The SMILES string of the molecule is CC(=O)c1cc([C@H]2OCc3cnc(C)c(O)c32)c(O)cc1O. The van der Waals surface area contributed by atoms with Crippen LogP contribution in [0.5, 0.6) is 17.2 Å². The lowest BCUT2D eigenvalue weighted by Gasteiger charge is -2.16. The first-order chi connectivity index (χ1) is 10.4. The number of pyridine rings is 1. The highest BCUT2D eigenvalue weighted by atomic mass is 16.5. The number of carbonyl (C=O) groups excluding carboxylic acids is 1. The number of benzene rings is 1. The summed E-state index contributed by atoms with van der Waals surface area (Å²) >= 11 is 0. The number of ether oxygens (including phenoxy) is 1. The maximum atomic E-state index is 11.6. The highest BCUT2D eigenvalue weighted by Gasteiger charge is 2.32. The molecule has 0 saturated carbocycles. The lowest BCUT2D eigenvalue weighted by Crippen LogP contribution is -2.03. The Kier molecular flexibility index (Phi) is 3.26. The Morgan fingerprint density at radius 2 is 2.00 bits per heavy atom. The lowest BCUT2D eigenvalue weighted by molar-refractivity contribution is 0.0908. The summed E-state index contributed by atoms with van der Waals surface area (Å²) in [6, 6.07) is 2.50. The van der Waals surface area contributed by atoms with Crippen molar-refractivity contribution in [2.45, 2.75) is 26.6 Å². The molecular weight excluding hydrogens is 286 g/mol. The normalized spacial score (nSPS) is 16.5. The second kappa shape index (κ2) is 4.99. The van der Waals surface area contributed by atoms with Crippen molar-refractivity contribution in [3.8, 4) is 17.2 Å². The van der Waals surface area contributed by atoms with Gasteiger partial charge in [0.2, 0.25) is 0 Å². The molecule has 0 unspecified atom stereocenters. The molecule has 2 aromatic rings. The van der Waals surface area contributed by atoms with E-state index in [1.807, 2.05) is 0 Å². The van der Waals surface area contributed by atoms with Gasteiger partial charge in [0, 0.05) is 29.0 Å². The zero-order chi connectivity index (χ0) is 16.0. The summed E-state index contributed by atoms with van der Waals surface area (Å²) in [7, 11) is 0. The number of nitrogens with zero attached hydrogens (tertiary/aromatic N) is 1. The number of aromatic nitrogens is 1. The third-order valence-corrected chi connectivity index (χ3v) is 3.83. The summed E-state index contributed by atoms with van der Waals surface area (Å²) in [6.07, 6.45) is 0.906. The average Bonchev–Trinajstić information content (AvgIpc) is 2.87. The van der Waals surface area contributed by atoms with E-state index >= 15 is 0 Å². The second-order valence-corrected chi connectivity index (χ2v) is 5.31. The molecule has 0 radical (unpaired) electrons. The van der Waals surface area contributed by atoms with Crippen LogP contribution in [0.15, 0.2) is 18.3 Å². The van der Waals surface area contributed by atoms with Gasteiger partial charge in [-0.2, -0.15) is 0 Å². The fraction of sp³-hybridized carbons (Fsp3) is 0.250. The van der Waals surface area contributed by atoms with Gasteiger partial charge in [0.25, 0.3) is 0 Å². The van der Waals surface area contributed by atoms with Gasteiger partial charge < -0.3 is 20.1 Å². The van der Waals surface area contributed by atoms with E-state index in [9.17, 15) is 20.1 Å². The van der Waals surface area contributed by atoms with Crippen LogP contribution in [0.2, 0.25) is 0 Å². The van der Waals surface area contributed by atoms with Gasteiger partial charge in [-0.1, -0.05) is 0 Å². The molecule has 0 bridgehead atoms. The maximum Gasteiger partial charge on any atom is 0.163 e. The predicted molar refractivity (Wildman–Crippen MR) is 77.0 cm³/mol. The average molecular weight is 301 g/mol. The molecule has 0 spiro atoms. The smallest absolute Gasteiger partial charge is 0.163 e. The van der Waals surface area contributed by atoms with Crippen LogP contribution >= 0.6 is 0 Å². The number of fused-ring (bicyclic) bond motifs is 1. The highest BCUT2D eigenvalue weighted by molar-refractivity contribution is 5.97. The molecule has 3 rings (SSSR count). The Morgan fingerprint density at radius 3 is 2.68 bits per heavy atom. The second-order valence-electron chi connectivity index (χ2n) is 5.31. The molecule has 6 heteroatoms. The van der Waals surface area contributed by atoms with Gasteiger partial charge in [0.1, 0.15) is 23.4 Å². The molecular formula is C16H15NO5. The Bertz CT molecular complexity index is 785. The maximum absolute atomic E-state index is 11.6. The molecule has 22 heavy (non-hydrogen) atoms. The molecule has 1 aliphatic heterocycles. The minimum atomic E-state index is -0.713. The number of phenols is 2. The first kappa shape index (κ1) is 14.3. The third kappa shape index (κ3) is 2.08. The van der Waals surface area contributed by atoms with Crippen molar-refractivity contribution >= 4 is 5.78 Å². The van der Waals surface area contributed by atoms with Crippen molar-refractivity contribution in [2.24, 2.45) is 0 Å². The summed E-state index contributed by atoms with van der Waals surface area (Å²) in [6.45, 7) is 3.24. The van der Waals surface area contributed by atoms with Gasteiger partial charge >= 0.3 is 0 Å².